The molecule has 3 aromatic rings. The first kappa shape index (κ1) is 20.2. The molecule has 1 aliphatic heterocycles. The second-order valence-corrected chi connectivity index (χ2v) is 8.87. The normalized spacial score (nSPS) is 22.9. The Morgan fingerprint density at radius 1 is 1.31 bits per heavy atom. The van der Waals surface area contributed by atoms with E-state index in [1.807, 2.05) is 37.3 Å². The van der Waals surface area contributed by atoms with Crippen LogP contribution in [0.1, 0.15) is 29.6 Å². The molecule has 0 spiro atoms. The zero-order chi connectivity index (χ0) is 20.4. The lowest BCUT2D eigenvalue weighted by Crippen LogP contribution is -2.54. The maximum Gasteiger partial charge on any atom is 0.275 e. The van der Waals surface area contributed by atoms with E-state index >= 15 is 0 Å². The first-order valence-corrected chi connectivity index (χ1v) is 10.8. The van der Waals surface area contributed by atoms with Crippen LogP contribution in [-0.4, -0.2) is 55.5 Å². The van der Waals surface area contributed by atoms with Crippen molar-refractivity contribution in [3.05, 3.63) is 63.0 Å². The smallest absolute Gasteiger partial charge is 0.275 e. The van der Waals surface area contributed by atoms with Gasteiger partial charge in [-0.3, -0.25) is 9.69 Å². The molecule has 0 amide bonds. The molecule has 0 bridgehead atoms. The summed E-state index contributed by atoms with van der Waals surface area (Å²) < 4.78 is 1.36. The van der Waals surface area contributed by atoms with Gasteiger partial charge in [0.25, 0.3) is 5.56 Å². The molecule has 7 nitrogen and oxygen atoms in total. The van der Waals surface area contributed by atoms with Crippen LogP contribution >= 0.6 is 11.3 Å². The molecule has 2 atom stereocenters. The number of benzene rings is 1. The minimum absolute atomic E-state index is 0.0939. The highest BCUT2D eigenvalue weighted by atomic mass is 32.1. The fourth-order valence-corrected chi connectivity index (χ4v) is 4.97. The van der Waals surface area contributed by atoms with Crippen molar-refractivity contribution >= 4 is 16.3 Å². The van der Waals surface area contributed by atoms with Gasteiger partial charge in [-0.2, -0.15) is 9.61 Å². The molecule has 8 heteroatoms. The van der Waals surface area contributed by atoms with Crippen molar-refractivity contribution in [3.63, 3.8) is 0 Å². The molecule has 0 radical (unpaired) electrons. The standard InChI is InChI=1S/C21H26N4O3S/c1-2-18-23-25-19(28)10-16(22-20(25)29-18)12-24-9-8-17(27)21(13-24,14-26)11-15-6-4-3-5-7-15/h3-7,10,17,26-27H,2,8-9,11-14H2,1H3/t17-,21+/m0/s1. The number of hydrogen-bond acceptors (Lipinski definition) is 7. The number of likely N-dealkylation sites (tertiary alicyclic amines) is 1. The van der Waals surface area contributed by atoms with E-state index in [-0.39, 0.29) is 12.2 Å². The van der Waals surface area contributed by atoms with E-state index in [9.17, 15) is 15.0 Å². The van der Waals surface area contributed by atoms with Gasteiger partial charge in [-0.05, 0) is 24.8 Å². The summed E-state index contributed by atoms with van der Waals surface area (Å²) in [5, 5.41) is 26.1. The number of aromatic nitrogens is 3. The highest BCUT2D eigenvalue weighted by molar-refractivity contribution is 7.16. The van der Waals surface area contributed by atoms with E-state index in [1.165, 1.54) is 21.9 Å². The number of aliphatic hydroxyl groups excluding tert-OH is 2. The van der Waals surface area contributed by atoms with E-state index in [2.05, 4.69) is 15.0 Å². The zero-order valence-electron chi connectivity index (χ0n) is 16.5. The Kier molecular flexibility index (Phi) is 5.78. The number of nitrogens with zero attached hydrogens (tertiary/aromatic N) is 4. The van der Waals surface area contributed by atoms with Gasteiger partial charge in [-0.1, -0.05) is 48.6 Å². The molecule has 1 fully saturated rings. The van der Waals surface area contributed by atoms with Gasteiger partial charge in [0.2, 0.25) is 4.96 Å². The minimum Gasteiger partial charge on any atom is -0.396 e. The van der Waals surface area contributed by atoms with E-state index in [0.717, 1.165) is 17.0 Å². The molecule has 1 saturated heterocycles. The molecule has 1 aromatic carbocycles. The molecular weight excluding hydrogens is 388 g/mol. The highest BCUT2D eigenvalue weighted by Gasteiger charge is 2.42. The average Bonchev–Trinajstić information content (AvgIpc) is 3.15. The largest absolute Gasteiger partial charge is 0.396 e. The number of rotatable bonds is 6. The first-order valence-electron chi connectivity index (χ1n) is 9.97. The fourth-order valence-electron chi connectivity index (χ4n) is 4.11. The summed E-state index contributed by atoms with van der Waals surface area (Å²) in [5.74, 6) is 0. The summed E-state index contributed by atoms with van der Waals surface area (Å²) in [6, 6.07) is 11.5. The molecule has 0 unspecified atom stereocenters. The summed E-state index contributed by atoms with van der Waals surface area (Å²) in [4.78, 5) is 19.8. The van der Waals surface area contributed by atoms with Crippen LogP contribution in [0, 0.1) is 5.41 Å². The maximum absolute atomic E-state index is 12.4. The van der Waals surface area contributed by atoms with Crippen LogP contribution in [0.2, 0.25) is 0 Å². The topological polar surface area (TPSA) is 91.0 Å². The van der Waals surface area contributed by atoms with E-state index in [4.69, 9.17) is 0 Å². The van der Waals surface area contributed by atoms with E-state index in [0.29, 0.717) is 43.1 Å². The lowest BCUT2D eigenvalue weighted by atomic mass is 9.73. The average molecular weight is 415 g/mol. The van der Waals surface area contributed by atoms with Crippen LogP contribution in [0.5, 0.6) is 0 Å². The van der Waals surface area contributed by atoms with Crippen molar-refractivity contribution in [1.82, 2.24) is 19.5 Å². The van der Waals surface area contributed by atoms with Crippen LogP contribution in [0.4, 0.5) is 0 Å². The summed E-state index contributed by atoms with van der Waals surface area (Å²) in [7, 11) is 0. The first-order chi connectivity index (χ1) is 14.0. The zero-order valence-corrected chi connectivity index (χ0v) is 17.3. The lowest BCUT2D eigenvalue weighted by Gasteiger charge is -2.45. The third-order valence-corrected chi connectivity index (χ3v) is 6.76. The van der Waals surface area contributed by atoms with Gasteiger partial charge in [0.05, 0.1) is 18.4 Å². The monoisotopic (exact) mass is 414 g/mol. The maximum atomic E-state index is 12.4. The predicted octanol–water partition coefficient (Wildman–Crippen LogP) is 1.50. The molecule has 2 N–H and O–H groups in total. The SMILES string of the molecule is CCc1nn2c(=O)cc(CN3CC[C@H](O)[C@](CO)(Cc4ccccc4)C3)nc2s1. The molecule has 0 saturated carbocycles. The Labute approximate surface area is 173 Å². The van der Waals surface area contributed by atoms with Gasteiger partial charge in [0, 0.05) is 31.1 Å². The summed E-state index contributed by atoms with van der Waals surface area (Å²) in [6.07, 6.45) is 1.38. The molecular formula is C21H26N4O3S. The molecule has 2 aromatic heterocycles. The van der Waals surface area contributed by atoms with E-state index in [1.54, 1.807) is 0 Å². The number of aliphatic hydroxyl groups is 2. The Morgan fingerprint density at radius 3 is 2.83 bits per heavy atom. The molecule has 154 valence electrons. The van der Waals surface area contributed by atoms with Crippen molar-refractivity contribution in [2.24, 2.45) is 5.41 Å². The van der Waals surface area contributed by atoms with Gasteiger partial charge in [-0.15, -0.1) is 0 Å². The Balaban J connectivity index is 1.56. The summed E-state index contributed by atoms with van der Waals surface area (Å²) in [6.45, 7) is 3.66. The van der Waals surface area contributed by atoms with Crippen LogP contribution < -0.4 is 5.56 Å². The second kappa shape index (κ2) is 8.31. The highest BCUT2D eigenvalue weighted by Crippen LogP contribution is 2.34. The lowest BCUT2D eigenvalue weighted by molar-refractivity contribution is -0.0770. The van der Waals surface area contributed by atoms with Crippen molar-refractivity contribution in [2.45, 2.75) is 38.8 Å². The Morgan fingerprint density at radius 2 is 2.10 bits per heavy atom. The minimum atomic E-state index is -0.626. The Bertz CT molecular complexity index is 1040. The molecule has 4 rings (SSSR count). The third-order valence-electron chi connectivity index (χ3n) is 5.71. The van der Waals surface area contributed by atoms with Gasteiger partial charge in [0.1, 0.15) is 5.01 Å². The predicted molar refractivity (Wildman–Crippen MR) is 112 cm³/mol. The number of fused-ring (bicyclic) bond motifs is 1. The van der Waals surface area contributed by atoms with Crippen LogP contribution in [0.3, 0.4) is 0 Å². The van der Waals surface area contributed by atoms with Crippen LogP contribution in [0.25, 0.3) is 4.96 Å². The van der Waals surface area contributed by atoms with Crippen LogP contribution in [-0.2, 0) is 19.4 Å². The van der Waals surface area contributed by atoms with Gasteiger partial charge in [0.15, 0.2) is 0 Å². The molecule has 0 aliphatic carbocycles. The van der Waals surface area contributed by atoms with Crippen molar-refractivity contribution in [3.8, 4) is 0 Å². The molecule has 3 heterocycles. The van der Waals surface area contributed by atoms with Gasteiger partial charge < -0.3 is 10.2 Å². The molecule has 29 heavy (non-hydrogen) atoms. The van der Waals surface area contributed by atoms with Crippen molar-refractivity contribution < 1.29 is 10.2 Å². The summed E-state index contributed by atoms with van der Waals surface area (Å²) in [5.41, 5.74) is 0.996. The van der Waals surface area contributed by atoms with E-state index < -0.39 is 11.5 Å². The summed E-state index contributed by atoms with van der Waals surface area (Å²) >= 11 is 1.44. The molecule has 1 aliphatic rings. The second-order valence-electron chi connectivity index (χ2n) is 7.83. The van der Waals surface area contributed by atoms with Gasteiger partial charge in [-0.25, -0.2) is 4.98 Å². The fraction of sp³-hybridized carbons (Fsp3) is 0.476. The number of hydrogen-bond donors (Lipinski definition) is 2. The number of aryl methyl sites for hydroxylation is 1. The third kappa shape index (κ3) is 4.11. The van der Waals surface area contributed by atoms with Crippen molar-refractivity contribution in [1.29, 1.82) is 0 Å². The quantitative estimate of drug-likeness (QED) is 0.635. The van der Waals surface area contributed by atoms with Crippen molar-refractivity contribution in [2.75, 3.05) is 19.7 Å². The number of piperidine rings is 1. The van der Waals surface area contributed by atoms with Gasteiger partial charge >= 0.3 is 0 Å². The van der Waals surface area contributed by atoms with Crippen LogP contribution in [0.15, 0.2) is 41.2 Å². The Hall–Kier alpha value is -2.13.